The standard InChI is InChI=1S/C20H17F2N5OS/c21-19(22)28-14-7-4-8-15(11-14)29-20-26-16-17(23)24-12-25-18(16)27(20)10-9-13-5-2-1-3-6-13/h1-8,11-12,19H,9-10H2,(H2,23,24,25). The molecule has 4 rings (SSSR count). The molecule has 0 aliphatic heterocycles. The Kier molecular flexibility index (Phi) is 5.57. The molecule has 4 aromatic rings. The molecule has 0 unspecified atom stereocenters. The smallest absolute Gasteiger partial charge is 0.387 e. The fraction of sp³-hybridized carbons (Fsp3) is 0.150. The highest BCUT2D eigenvalue weighted by atomic mass is 32.2. The fourth-order valence-corrected chi connectivity index (χ4v) is 3.88. The van der Waals surface area contributed by atoms with E-state index in [9.17, 15) is 8.78 Å². The van der Waals surface area contributed by atoms with E-state index in [0.29, 0.717) is 33.6 Å². The summed E-state index contributed by atoms with van der Waals surface area (Å²) < 4.78 is 31.5. The molecule has 148 valence electrons. The van der Waals surface area contributed by atoms with Gasteiger partial charge in [-0.3, -0.25) is 0 Å². The molecular formula is C20H17F2N5OS. The number of aromatic nitrogens is 4. The van der Waals surface area contributed by atoms with Crippen LogP contribution in [0.4, 0.5) is 14.6 Å². The maximum atomic E-state index is 12.5. The van der Waals surface area contributed by atoms with Crippen molar-refractivity contribution in [2.75, 3.05) is 5.73 Å². The van der Waals surface area contributed by atoms with Crippen LogP contribution in [0.25, 0.3) is 11.2 Å². The molecule has 0 saturated heterocycles. The first kappa shape index (κ1) is 19.1. The van der Waals surface area contributed by atoms with E-state index >= 15 is 0 Å². The number of nitrogen functional groups attached to an aromatic ring is 1. The van der Waals surface area contributed by atoms with Crippen LogP contribution in [0.2, 0.25) is 0 Å². The van der Waals surface area contributed by atoms with E-state index in [1.54, 1.807) is 18.2 Å². The maximum absolute atomic E-state index is 12.5. The molecule has 0 bridgehead atoms. The van der Waals surface area contributed by atoms with Gasteiger partial charge in [0.05, 0.1) is 0 Å². The molecule has 0 atom stereocenters. The summed E-state index contributed by atoms with van der Waals surface area (Å²) in [6.45, 7) is -2.24. The summed E-state index contributed by atoms with van der Waals surface area (Å²) >= 11 is 1.33. The van der Waals surface area contributed by atoms with E-state index < -0.39 is 6.61 Å². The largest absolute Gasteiger partial charge is 0.435 e. The zero-order chi connectivity index (χ0) is 20.2. The van der Waals surface area contributed by atoms with Gasteiger partial charge in [0.15, 0.2) is 22.1 Å². The van der Waals surface area contributed by atoms with Crippen LogP contribution < -0.4 is 10.5 Å². The first-order valence-electron chi connectivity index (χ1n) is 8.83. The van der Waals surface area contributed by atoms with Crippen molar-refractivity contribution in [2.45, 2.75) is 29.6 Å². The van der Waals surface area contributed by atoms with E-state index in [-0.39, 0.29) is 5.75 Å². The van der Waals surface area contributed by atoms with Crippen LogP contribution >= 0.6 is 11.8 Å². The minimum Gasteiger partial charge on any atom is -0.435 e. The molecule has 29 heavy (non-hydrogen) atoms. The zero-order valence-corrected chi connectivity index (χ0v) is 16.0. The second-order valence-electron chi connectivity index (χ2n) is 6.17. The van der Waals surface area contributed by atoms with Gasteiger partial charge < -0.3 is 15.0 Å². The van der Waals surface area contributed by atoms with Crippen molar-refractivity contribution in [3.63, 3.8) is 0 Å². The number of ether oxygens (including phenoxy) is 1. The highest BCUT2D eigenvalue weighted by molar-refractivity contribution is 7.99. The lowest BCUT2D eigenvalue weighted by atomic mass is 10.1. The molecule has 0 fully saturated rings. The van der Waals surface area contributed by atoms with Gasteiger partial charge in [0.1, 0.15) is 12.1 Å². The van der Waals surface area contributed by atoms with Crippen molar-refractivity contribution in [1.29, 1.82) is 0 Å². The molecule has 2 aromatic heterocycles. The van der Waals surface area contributed by atoms with Crippen LogP contribution in [-0.4, -0.2) is 26.1 Å². The lowest BCUT2D eigenvalue weighted by Crippen LogP contribution is -2.04. The molecule has 2 N–H and O–H groups in total. The van der Waals surface area contributed by atoms with Gasteiger partial charge in [0.2, 0.25) is 0 Å². The van der Waals surface area contributed by atoms with Gasteiger partial charge in [-0.1, -0.05) is 48.2 Å². The average Bonchev–Trinajstić information content (AvgIpc) is 3.05. The zero-order valence-electron chi connectivity index (χ0n) is 15.2. The summed E-state index contributed by atoms with van der Waals surface area (Å²) in [4.78, 5) is 13.7. The summed E-state index contributed by atoms with van der Waals surface area (Å²) in [7, 11) is 0. The Balaban J connectivity index is 1.67. The van der Waals surface area contributed by atoms with Gasteiger partial charge in [-0.2, -0.15) is 8.78 Å². The van der Waals surface area contributed by atoms with Gasteiger partial charge >= 0.3 is 6.61 Å². The summed E-state index contributed by atoms with van der Waals surface area (Å²) in [5.74, 6) is 0.390. The van der Waals surface area contributed by atoms with E-state index in [4.69, 9.17) is 5.73 Å². The van der Waals surface area contributed by atoms with Gasteiger partial charge in [-0.25, -0.2) is 15.0 Å². The normalized spacial score (nSPS) is 11.3. The number of alkyl halides is 2. The van der Waals surface area contributed by atoms with Crippen molar-refractivity contribution in [3.8, 4) is 5.75 Å². The van der Waals surface area contributed by atoms with Crippen LogP contribution in [0.1, 0.15) is 5.56 Å². The Morgan fingerprint density at radius 1 is 1.07 bits per heavy atom. The molecule has 0 spiro atoms. The van der Waals surface area contributed by atoms with Crippen molar-refractivity contribution >= 4 is 28.7 Å². The Morgan fingerprint density at radius 3 is 2.69 bits per heavy atom. The molecule has 0 aliphatic rings. The van der Waals surface area contributed by atoms with Crippen molar-refractivity contribution in [1.82, 2.24) is 19.5 Å². The highest BCUT2D eigenvalue weighted by Crippen LogP contribution is 2.33. The predicted octanol–water partition coefficient (Wildman–Crippen LogP) is 4.40. The number of anilines is 1. The third kappa shape index (κ3) is 4.45. The Labute approximate surface area is 169 Å². The third-order valence-corrected chi connectivity index (χ3v) is 5.22. The number of rotatable bonds is 7. The second kappa shape index (κ2) is 8.44. The summed E-state index contributed by atoms with van der Waals surface area (Å²) in [5.41, 5.74) is 8.31. The number of hydrogen-bond acceptors (Lipinski definition) is 6. The Hall–Kier alpha value is -3.20. The van der Waals surface area contributed by atoms with Crippen LogP contribution in [0, 0.1) is 0 Å². The van der Waals surface area contributed by atoms with E-state index in [0.717, 1.165) is 6.42 Å². The van der Waals surface area contributed by atoms with E-state index in [1.165, 1.54) is 29.7 Å². The quantitative estimate of drug-likeness (QED) is 0.484. The number of benzene rings is 2. The summed E-state index contributed by atoms with van der Waals surface area (Å²) in [6, 6.07) is 16.6. The second-order valence-corrected chi connectivity index (χ2v) is 7.21. The fourth-order valence-electron chi connectivity index (χ4n) is 2.92. The van der Waals surface area contributed by atoms with E-state index in [2.05, 4.69) is 31.8 Å². The number of aryl methyl sites for hydroxylation is 2. The van der Waals surface area contributed by atoms with Gasteiger partial charge in [0, 0.05) is 11.4 Å². The molecule has 0 saturated carbocycles. The molecule has 0 radical (unpaired) electrons. The molecule has 0 aliphatic carbocycles. The van der Waals surface area contributed by atoms with Crippen molar-refractivity contribution < 1.29 is 13.5 Å². The minimum atomic E-state index is -2.87. The number of hydrogen-bond donors (Lipinski definition) is 1. The number of nitrogens with two attached hydrogens (primary N) is 1. The summed E-state index contributed by atoms with van der Waals surface area (Å²) in [6.07, 6.45) is 2.18. The van der Waals surface area contributed by atoms with Crippen molar-refractivity contribution in [2.24, 2.45) is 0 Å². The number of halogens is 2. The SMILES string of the molecule is Nc1ncnc2c1nc(Sc1cccc(OC(F)F)c1)n2CCc1ccccc1. The molecule has 9 heteroatoms. The maximum Gasteiger partial charge on any atom is 0.387 e. The number of nitrogens with zero attached hydrogens (tertiary/aromatic N) is 4. The van der Waals surface area contributed by atoms with Gasteiger partial charge in [0.25, 0.3) is 0 Å². The number of imidazole rings is 1. The van der Waals surface area contributed by atoms with Gasteiger partial charge in [-0.05, 0) is 30.2 Å². The highest BCUT2D eigenvalue weighted by Gasteiger charge is 2.16. The minimum absolute atomic E-state index is 0.0938. The van der Waals surface area contributed by atoms with Crippen LogP contribution in [0.3, 0.4) is 0 Å². The Morgan fingerprint density at radius 2 is 1.90 bits per heavy atom. The number of fused-ring (bicyclic) bond motifs is 1. The topological polar surface area (TPSA) is 78.8 Å². The molecule has 2 aromatic carbocycles. The molecule has 2 heterocycles. The lowest BCUT2D eigenvalue weighted by Gasteiger charge is -2.09. The first-order chi connectivity index (χ1) is 14.1. The Bertz CT molecular complexity index is 1120. The average molecular weight is 413 g/mol. The monoisotopic (exact) mass is 413 g/mol. The molecule has 0 amide bonds. The van der Waals surface area contributed by atoms with Gasteiger partial charge in [-0.15, -0.1) is 0 Å². The van der Waals surface area contributed by atoms with Crippen LogP contribution in [0.15, 0.2) is 71.0 Å². The van der Waals surface area contributed by atoms with Crippen LogP contribution in [-0.2, 0) is 13.0 Å². The van der Waals surface area contributed by atoms with E-state index in [1.807, 2.05) is 22.8 Å². The first-order valence-corrected chi connectivity index (χ1v) is 9.65. The lowest BCUT2D eigenvalue weighted by molar-refractivity contribution is -0.0499. The molecular weight excluding hydrogens is 396 g/mol. The van der Waals surface area contributed by atoms with Crippen molar-refractivity contribution in [3.05, 3.63) is 66.5 Å². The van der Waals surface area contributed by atoms with Crippen LogP contribution in [0.5, 0.6) is 5.75 Å². The predicted molar refractivity (Wildman–Crippen MR) is 107 cm³/mol. The molecule has 6 nitrogen and oxygen atoms in total. The summed E-state index contributed by atoms with van der Waals surface area (Å²) in [5, 5.41) is 0.650. The third-order valence-electron chi connectivity index (χ3n) is 4.23.